The second kappa shape index (κ2) is 8.81. The third kappa shape index (κ3) is 4.83. The van der Waals surface area contributed by atoms with Gasteiger partial charge in [-0.3, -0.25) is 14.5 Å². The first-order valence-corrected chi connectivity index (χ1v) is 8.36. The fraction of sp³-hybridized carbons (Fsp3) is 0.588. The molecule has 0 aromatic carbocycles. The number of aromatic nitrogens is 1. The maximum absolute atomic E-state index is 12.5. The second-order valence-corrected chi connectivity index (χ2v) is 6.37. The van der Waals surface area contributed by atoms with Crippen molar-refractivity contribution in [2.24, 2.45) is 0 Å². The van der Waals surface area contributed by atoms with E-state index >= 15 is 0 Å². The van der Waals surface area contributed by atoms with E-state index in [1.165, 1.54) is 19.1 Å². The smallest absolute Gasteiger partial charge is 0.257 e. The Labute approximate surface area is 152 Å². The molecule has 0 saturated carbocycles. The molecule has 2 rings (SSSR count). The lowest BCUT2D eigenvalue weighted by Gasteiger charge is -2.36. The topological polar surface area (TPSA) is 104 Å². The minimum Gasteiger partial charge on any atom is -0.481 e. The van der Waals surface area contributed by atoms with Crippen molar-refractivity contribution < 1.29 is 24.2 Å². The number of β-amino-alcohol motifs (C(OH)–C–C–N with tert-alkyl or cyclic N) is 1. The summed E-state index contributed by atoms with van der Waals surface area (Å²) in [5.74, 6) is 0.107. The summed E-state index contributed by atoms with van der Waals surface area (Å²) < 4.78 is 10.2. The number of aliphatic hydroxyl groups is 1. The highest BCUT2D eigenvalue weighted by molar-refractivity contribution is 5.96. The molecule has 0 radical (unpaired) electrons. The summed E-state index contributed by atoms with van der Waals surface area (Å²) in [6.45, 7) is 1.18. The molecule has 2 amide bonds. The minimum absolute atomic E-state index is 0.0197. The molecule has 0 spiro atoms. The Bertz CT molecular complexity index is 652. The number of ether oxygens (including phenoxy) is 2. The highest BCUT2D eigenvalue weighted by atomic mass is 16.5. The molecule has 1 saturated heterocycles. The molecule has 1 fully saturated rings. The highest BCUT2D eigenvalue weighted by Gasteiger charge is 2.30. The van der Waals surface area contributed by atoms with Gasteiger partial charge in [-0.2, -0.15) is 4.98 Å². The molecule has 0 bridgehead atoms. The van der Waals surface area contributed by atoms with Crippen LogP contribution in [0.25, 0.3) is 0 Å². The fourth-order valence-electron chi connectivity index (χ4n) is 2.75. The number of aliphatic hydroxyl groups excluding tert-OH is 1. The van der Waals surface area contributed by atoms with Gasteiger partial charge in [-0.05, 0) is 12.5 Å². The van der Waals surface area contributed by atoms with E-state index < -0.39 is 12.1 Å². The number of likely N-dealkylation sites (tertiary alicyclic amines) is 1. The number of hydrogen-bond donors (Lipinski definition) is 2. The van der Waals surface area contributed by atoms with Crippen LogP contribution in [0, 0.1) is 0 Å². The lowest BCUT2D eigenvalue weighted by atomic mass is 10.0. The summed E-state index contributed by atoms with van der Waals surface area (Å²) in [5, 5.41) is 13.2. The van der Waals surface area contributed by atoms with Gasteiger partial charge in [0.15, 0.2) is 0 Å². The Kier molecular flexibility index (Phi) is 6.76. The second-order valence-electron chi connectivity index (χ2n) is 6.37. The summed E-state index contributed by atoms with van der Waals surface area (Å²) in [4.78, 5) is 31.8. The SMILES string of the molecule is COc1ccc(C(=O)N[C@@H]2CCN(CC(=O)N(C)C)C[C@H]2O)c(OC)n1. The van der Waals surface area contributed by atoms with Crippen LogP contribution in [0.5, 0.6) is 11.8 Å². The molecule has 0 aliphatic carbocycles. The molecule has 1 aromatic heterocycles. The molecule has 1 aliphatic rings. The molecule has 9 nitrogen and oxygen atoms in total. The number of pyridine rings is 1. The minimum atomic E-state index is -0.764. The quantitative estimate of drug-likeness (QED) is 0.689. The van der Waals surface area contributed by atoms with E-state index in [2.05, 4.69) is 10.3 Å². The van der Waals surface area contributed by atoms with Crippen molar-refractivity contribution in [3.8, 4) is 11.8 Å². The van der Waals surface area contributed by atoms with Crippen LogP contribution >= 0.6 is 0 Å². The highest BCUT2D eigenvalue weighted by Crippen LogP contribution is 2.20. The third-order valence-electron chi connectivity index (χ3n) is 4.32. The average Bonchev–Trinajstić information content (AvgIpc) is 2.63. The van der Waals surface area contributed by atoms with Crippen LogP contribution in [0.4, 0.5) is 0 Å². The molecule has 1 aliphatic heterocycles. The monoisotopic (exact) mass is 366 g/mol. The lowest BCUT2D eigenvalue weighted by molar-refractivity contribution is -0.130. The number of methoxy groups -OCH3 is 2. The molecule has 144 valence electrons. The third-order valence-corrected chi connectivity index (χ3v) is 4.32. The van der Waals surface area contributed by atoms with Gasteiger partial charge in [0.25, 0.3) is 5.91 Å². The van der Waals surface area contributed by atoms with Crippen molar-refractivity contribution in [1.29, 1.82) is 0 Å². The Morgan fingerprint density at radius 1 is 1.35 bits per heavy atom. The van der Waals surface area contributed by atoms with Gasteiger partial charge in [-0.15, -0.1) is 0 Å². The predicted molar refractivity (Wildman–Crippen MR) is 94.4 cm³/mol. The number of amides is 2. The summed E-state index contributed by atoms with van der Waals surface area (Å²) in [6.07, 6.45) is -0.223. The summed E-state index contributed by atoms with van der Waals surface area (Å²) in [7, 11) is 6.30. The van der Waals surface area contributed by atoms with Crippen molar-refractivity contribution >= 4 is 11.8 Å². The Morgan fingerprint density at radius 2 is 2.08 bits per heavy atom. The van der Waals surface area contributed by atoms with Crippen LogP contribution in [0.15, 0.2) is 12.1 Å². The van der Waals surface area contributed by atoms with E-state index in [-0.39, 0.29) is 29.8 Å². The van der Waals surface area contributed by atoms with Gasteiger partial charge in [-0.1, -0.05) is 0 Å². The van der Waals surface area contributed by atoms with Gasteiger partial charge >= 0.3 is 0 Å². The van der Waals surface area contributed by atoms with E-state index in [9.17, 15) is 14.7 Å². The number of rotatable bonds is 6. The van der Waals surface area contributed by atoms with E-state index in [0.717, 1.165) is 0 Å². The Hall–Kier alpha value is -2.39. The number of carbonyl (C=O) groups is 2. The van der Waals surface area contributed by atoms with E-state index in [1.54, 1.807) is 26.2 Å². The molecule has 2 heterocycles. The number of nitrogens with one attached hydrogen (secondary N) is 1. The van der Waals surface area contributed by atoms with Gasteiger partial charge in [0, 0.05) is 33.3 Å². The number of hydrogen-bond acceptors (Lipinski definition) is 7. The zero-order chi connectivity index (χ0) is 19.3. The molecule has 2 N–H and O–H groups in total. The molecule has 0 unspecified atom stereocenters. The Morgan fingerprint density at radius 3 is 2.65 bits per heavy atom. The summed E-state index contributed by atoms with van der Waals surface area (Å²) in [6, 6.07) is 2.74. The zero-order valence-electron chi connectivity index (χ0n) is 15.6. The molecule has 2 atom stereocenters. The summed E-state index contributed by atoms with van der Waals surface area (Å²) >= 11 is 0. The van der Waals surface area contributed by atoms with Gasteiger partial charge < -0.3 is 24.8 Å². The number of piperidine rings is 1. The largest absolute Gasteiger partial charge is 0.481 e. The maximum atomic E-state index is 12.5. The van der Waals surface area contributed by atoms with Crippen molar-refractivity contribution in [2.45, 2.75) is 18.6 Å². The van der Waals surface area contributed by atoms with Crippen LogP contribution in [-0.4, -0.2) is 91.8 Å². The Balaban J connectivity index is 1.97. The predicted octanol–water partition coefficient (Wildman–Crippen LogP) is -0.648. The van der Waals surface area contributed by atoms with Gasteiger partial charge in [0.05, 0.1) is 32.9 Å². The number of carbonyl (C=O) groups excluding carboxylic acids is 2. The van der Waals surface area contributed by atoms with Crippen LogP contribution in [0.3, 0.4) is 0 Å². The van der Waals surface area contributed by atoms with Crippen LogP contribution in [-0.2, 0) is 4.79 Å². The van der Waals surface area contributed by atoms with Crippen molar-refractivity contribution in [3.05, 3.63) is 17.7 Å². The normalized spacial score (nSPS) is 20.3. The van der Waals surface area contributed by atoms with E-state index in [0.29, 0.717) is 25.4 Å². The number of nitrogens with zero attached hydrogens (tertiary/aromatic N) is 3. The number of likely N-dealkylation sites (N-methyl/N-ethyl adjacent to an activating group) is 1. The van der Waals surface area contributed by atoms with Crippen molar-refractivity contribution in [2.75, 3.05) is 47.9 Å². The van der Waals surface area contributed by atoms with Crippen molar-refractivity contribution in [3.63, 3.8) is 0 Å². The first-order chi connectivity index (χ1) is 12.3. The first-order valence-electron chi connectivity index (χ1n) is 8.36. The molecular formula is C17H26N4O5. The van der Waals surface area contributed by atoms with Crippen LogP contribution < -0.4 is 14.8 Å². The van der Waals surface area contributed by atoms with Crippen LogP contribution in [0.1, 0.15) is 16.8 Å². The lowest BCUT2D eigenvalue weighted by Crippen LogP contribution is -2.55. The van der Waals surface area contributed by atoms with Gasteiger partial charge in [0.2, 0.25) is 17.7 Å². The summed E-state index contributed by atoms with van der Waals surface area (Å²) in [5.41, 5.74) is 0.269. The standard InChI is InChI=1S/C17H26N4O5/c1-20(2)15(23)10-21-8-7-12(13(22)9-21)18-16(24)11-5-6-14(25-3)19-17(11)26-4/h5-6,12-13,22H,7-10H2,1-4H3,(H,18,24)/t12-,13-/m1/s1. The van der Waals surface area contributed by atoms with Crippen LogP contribution in [0.2, 0.25) is 0 Å². The van der Waals surface area contributed by atoms with Gasteiger partial charge in [-0.25, -0.2) is 0 Å². The maximum Gasteiger partial charge on any atom is 0.257 e. The molecule has 26 heavy (non-hydrogen) atoms. The molecular weight excluding hydrogens is 340 g/mol. The van der Waals surface area contributed by atoms with E-state index in [1.807, 2.05) is 4.90 Å². The molecule has 9 heteroatoms. The first kappa shape index (κ1) is 19.9. The zero-order valence-corrected chi connectivity index (χ0v) is 15.6. The van der Waals surface area contributed by atoms with Crippen molar-refractivity contribution in [1.82, 2.24) is 20.1 Å². The van der Waals surface area contributed by atoms with E-state index in [4.69, 9.17) is 9.47 Å². The fourth-order valence-corrected chi connectivity index (χ4v) is 2.75. The molecule has 1 aromatic rings. The average molecular weight is 366 g/mol. The van der Waals surface area contributed by atoms with Gasteiger partial charge in [0.1, 0.15) is 5.56 Å².